The van der Waals surface area contributed by atoms with E-state index in [9.17, 15) is 4.79 Å². The molecule has 5 heteroatoms. The molecule has 1 atom stereocenters. The van der Waals surface area contributed by atoms with Gasteiger partial charge < -0.3 is 14.1 Å². The Hall–Kier alpha value is -2.14. The molecule has 1 saturated heterocycles. The Morgan fingerprint density at radius 2 is 2.18 bits per heavy atom. The first-order chi connectivity index (χ1) is 10.8. The number of oxazole rings is 1. The number of nitrogens with zero attached hydrogens (tertiary/aromatic N) is 2. The SMILES string of the molecule is CC[C@@H]1CN(C(=O)Cc2coc(-c3ccccc3)n2)CCO1. The van der Waals surface area contributed by atoms with E-state index in [1.165, 1.54) is 0 Å². The minimum Gasteiger partial charge on any atom is -0.444 e. The highest BCUT2D eigenvalue weighted by atomic mass is 16.5. The second kappa shape index (κ2) is 6.75. The summed E-state index contributed by atoms with van der Waals surface area (Å²) in [6.07, 6.45) is 2.91. The Morgan fingerprint density at radius 1 is 1.36 bits per heavy atom. The molecule has 1 amide bonds. The maximum absolute atomic E-state index is 12.4. The van der Waals surface area contributed by atoms with Gasteiger partial charge in [-0.1, -0.05) is 25.1 Å². The van der Waals surface area contributed by atoms with E-state index in [0.29, 0.717) is 31.3 Å². The summed E-state index contributed by atoms with van der Waals surface area (Å²) in [5, 5.41) is 0. The summed E-state index contributed by atoms with van der Waals surface area (Å²) in [4.78, 5) is 18.6. The maximum atomic E-state index is 12.4. The van der Waals surface area contributed by atoms with E-state index >= 15 is 0 Å². The van der Waals surface area contributed by atoms with Gasteiger partial charge in [0, 0.05) is 18.7 Å². The fourth-order valence-electron chi connectivity index (χ4n) is 2.56. The number of rotatable bonds is 4. The van der Waals surface area contributed by atoms with Crippen LogP contribution in [0.4, 0.5) is 0 Å². The molecule has 1 aromatic carbocycles. The van der Waals surface area contributed by atoms with Gasteiger partial charge in [0.2, 0.25) is 11.8 Å². The molecule has 0 saturated carbocycles. The standard InChI is InChI=1S/C17H20N2O3/c1-2-15-11-19(8-9-21-15)16(20)10-14-12-22-17(18-14)13-6-4-3-5-7-13/h3-7,12,15H,2,8-11H2,1H3/t15-/m1/s1. The molecule has 1 aliphatic rings. The highest BCUT2D eigenvalue weighted by molar-refractivity contribution is 5.78. The molecule has 0 aliphatic carbocycles. The molecule has 3 rings (SSSR count). The van der Waals surface area contributed by atoms with Crippen LogP contribution >= 0.6 is 0 Å². The summed E-state index contributed by atoms with van der Waals surface area (Å²) in [5.74, 6) is 0.631. The summed E-state index contributed by atoms with van der Waals surface area (Å²) < 4.78 is 11.1. The minimum atomic E-state index is 0.0784. The largest absolute Gasteiger partial charge is 0.444 e. The maximum Gasteiger partial charge on any atom is 0.228 e. The van der Waals surface area contributed by atoms with E-state index in [-0.39, 0.29) is 18.4 Å². The van der Waals surface area contributed by atoms with Crippen molar-refractivity contribution in [3.8, 4) is 11.5 Å². The van der Waals surface area contributed by atoms with Crippen LogP contribution in [-0.2, 0) is 16.0 Å². The van der Waals surface area contributed by atoms with Crippen molar-refractivity contribution in [3.63, 3.8) is 0 Å². The normalized spacial score (nSPS) is 18.4. The van der Waals surface area contributed by atoms with Gasteiger partial charge in [-0.2, -0.15) is 0 Å². The molecule has 5 nitrogen and oxygen atoms in total. The van der Waals surface area contributed by atoms with Gasteiger partial charge in [-0.3, -0.25) is 4.79 Å². The number of carbonyl (C=O) groups is 1. The molecule has 116 valence electrons. The first-order valence-electron chi connectivity index (χ1n) is 7.65. The van der Waals surface area contributed by atoms with Crippen LogP contribution in [0.25, 0.3) is 11.5 Å². The third-order valence-electron chi connectivity index (χ3n) is 3.85. The van der Waals surface area contributed by atoms with Crippen LogP contribution in [0.15, 0.2) is 41.0 Å². The third kappa shape index (κ3) is 3.36. The zero-order valence-corrected chi connectivity index (χ0v) is 12.7. The first kappa shape index (κ1) is 14.8. The van der Waals surface area contributed by atoms with Crippen LogP contribution in [0.3, 0.4) is 0 Å². The number of hydrogen-bond donors (Lipinski definition) is 0. The summed E-state index contributed by atoms with van der Waals surface area (Å²) in [5.41, 5.74) is 1.59. The predicted octanol–water partition coefficient (Wildman–Crippen LogP) is 2.52. The van der Waals surface area contributed by atoms with Gasteiger partial charge >= 0.3 is 0 Å². The average molecular weight is 300 g/mol. The quantitative estimate of drug-likeness (QED) is 0.870. The van der Waals surface area contributed by atoms with Crippen molar-refractivity contribution in [2.45, 2.75) is 25.9 Å². The van der Waals surface area contributed by atoms with Crippen molar-refractivity contribution in [1.29, 1.82) is 0 Å². The molecule has 0 bridgehead atoms. The average Bonchev–Trinajstić information content (AvgIpc) is 3.04. The van der Waals surface area contributed by atoms with Crippen LogP contribution in [0.1, 0.15) is 19.0 Å². The molecule has 0 radical (unpaired) electrons. The number of benzene rings is 1. The third-order valence-corrected chi connectivity index (χ3v) is 3.85. The second-order valence-electron chi connectivity index (χ2n) is 5.43. The molecule has 22 heavy (non-hydrogen) atoms. The van der Waals surface area contributed by atoms with Gasteiger partial charge in [0.15, 0.2) is 0 Å². The molecule has 1 aliphatic heterocycles. The molecular weight excluding hydrogens is 280 g/mol. The molecule has 2 heterocycles. The number of morpholine rings is 1. The van der Waals surface area contributed by atoms with Crippen molar-refractivity contribution >= 4 is 5.91 Å². The zero-order valence-electron chi connectivity index (χ0n) is 12.7. The molecule has 0 spiro atoms. The lowest BCUT2D eigenvalue weighted by Crippen LogP contribution is -2.46. The van der Waals surface area contributed by atoms with Crippen molar-refractivity contribution < 1.29 is 13.9 Å². The van der Waals surface area contributed by atoms with Crippen molar-refractivity contribution in [2.24, 2.45) is 0 Å². The van der Waals surface area contributed by atoms with E-state index in [2.05, 4.69) is 11.9 Å². The summed E-state index contributed by atoms with van der Waals surface area (Å²) in [6.45, 7) is 4.00. The summed E-state index contributed by atoms with van der Waals surface area (Å²) >= 11 is 0. The number of hydrogen-bond acceptors (Lipinski definition) is 4. The van der Waals surface area contributed by atoms with Gasteiger partial charge in [0.05, 0.1) is 24.8 Å². The number of ether oxygens (including phenoxy) is 1. The van der Waals surface area contributed by atoms with Crippen LogP contribution in [0.2, 0.25) is 0 Å². The van der Waals surface area contributed by atoms with E-state index in [1.807, 2.05) is 35.2 Å². The van der Waals surface area contributed by atoms with Gasteiger partial charge in [-0.05, 0) is 18.6 Å². The Bertz CT molecular complexity index is 624. The lowest BCUT2D eigenvalue weighted by molar-refractivity contribution is -0.138. The molecule has 2 aromatic rings. The molecule has 1 fully saturated rings. The number of amides is 1. The van der Waals surface area contributed by atoms with E-state index < -0.39 is 0 Å². The van der Waals surface area contributed by atoms with Crippen molar-refractivity contribution in [3.05, 3.63) is 42.3 Å². The number of carbonyl (C=O) groups excluding carboxylic acids is 1. The lowest BCUT2D eigenvalue weighted by atomic mass is 10.2. The fraction of sp³-hybridized carbons (Fsp3) is 0.412. The Balaban J connectivity index is 1.64. The van der Waals surface area contributed by atoms with Crippen LogP contribution in [0, 0.1) is 0 Å². The topological polar surface area (TPSA) is 55.6 Å². The summed E-state index contributed by atoms with van der Waals surface area (Å²) in [6, 6.07) is 9.68. The molecule has 0 unspecified atom stereocenters. The first-order valence-corrected chi connectivity index (χ1v) is 7.65. The number of aromatic nitrogens is 1. The van der Waals surface area contributed by atoms with Gasteiger partial charge in [-0.25, -0.2) is 4.98 Å². The smallest absolute Gasteiger partial charge is 0.228 e. The molecular formula is C17H20N2O3. The Kier molecular flexibility index (Phi) is 4.53. The predicted molar refractivity (Wildman–Crippen MR) is 82.3 cm³/mol. The van der Waals surface area contributed by atoms with E-state index in [4.69, 9.17) is 9.15 Å². The second-order valence-corrected chi connectivity index (χ2v) is 5.43. The zero-order chi connectivity index (χ0) is 15.4. The Morgan fingerprint density at radius 3 is 2.95 bits per heavy atom. The fourth-order valence-corrected chi connectivity index (χ4v) is 2.56. The highest BCUT2D eigenvalue weighted by Crippen LogP contribution is 2.18. The van der Waals surface area contributed by atoms with Crippen molar-refractivity contribution in [1.82, 2.24) is 9.88 Å². The monoisotopic (exact) mass is 300 g/mol. The van der Waals surface area contributed by atoms with Crippen LogP contribution in [-0.4, -0.2) is 41.6 Å². The highest BCUT2D eigenvalue weighted by Gasteiger charge is 2.23. The minimum absolute atomic E-state index is 0.0784. The van der Waals surface area contributed by atoms with Crippen molar-refractivity contribution in [2.75, 3.05) is 19.7 Å². The Labute approximate surface area is 129 Å². The van der Waals surface area contributed by atoms with Crippen LogP contribution < -0.4 is 0 Å². The van der Waals surface area contributed by atoms with E-state index in [1.54, 1.807) is 6.26 Å². The van der Waals surface area contributed by atoms with Gasteiger partial charge in [0.1, 0.15) is 6.26 Å². The van der Waals surface area contributed by atoms with Gasteiger partial charge in [0.25, 0.3) is 0 Å². The molecule has 0 N–H and O–H groups in total. The summed E-state index contributed by atoms with van der Waals surface area (Å²) in [7, 11) is 0. The van der Waals surface area contributed by atoms with Gasteiger partial charge in [-0.15, -0.1) is 0 Å². The van der Waals surface area contributed by atoms with Crippen LogP contribution in [0.5, 0.6) is 0 Å². The molecule has 1 aromatic heterocycles. The lowest BCUT2D eigenvalue weighted by Gasteiger charge is -2.32. The van der Waals surface area contributed by atoms with E-state index in [0.717, 1.165) is 12.0 Å².